The Bertz CT molecular complexity index is 829. The number of likely N-dealkylation sites (N-methyl/N-ethyl adjacent to an activating group) is 2. The number of benzene rings is 1. The van der Waals surface area contributed by atoms with E-state index >= 15 is 0 Å². The summed E-state index contributed by atoms with van der Waals surface area (Å²) in [4.78, 5) is 34.3. The van der Waals surface area contributed by atoms with Crippen LogP contribution in [0.5, 0.6) is 0 Å². The fraction of sp³-hybridized carbons (Fsp3) is 0.476. The molecule has 0 saturated carbocycles. The topological polar surface area (TPSA) is 73.7 Å². The molecule has 0 radical (unpaired) electrons. The van der Waals surface area contributed by atoms with Crippen molar-refractivity contribution in [3.63, 3.8) is 0 Å². The van der Waals surface area contributed by atoms with Crippen molar-refractivity contribution in [2.75, 3.05) is 56.6 Å². The summed E-state index contributed by atoms with van der Waals surface area (Å²) < 4.78 is 2.14. The molecule has 0 spiro atoms. The fourth-order valence-corrected chi connectivity index (χ4v) is 3.36. The minimum Gasteiger partial charge on any atom is -0.349 e. The van der Waals surface area contributed by atoms with E-state index < -0.39 is 0 Å². The van der Waals surface area contributed by atoms with Crippen molar-refractivity contribution in [1.29, 1.82) is 0 Å². The summed E-state index contributed by atoms with van der Waals surface area (Å²) in [6.07, 6.45) is 2.30. The minimum atomic E-state index is -0.235. The Balaban J connectivity index is 1.81. The molecule has 8 nitrogen and oxygen atoms in total. The van der Waals surface area contributed by atoms with Gasteiger partial charge in [0, 0.05) is 46.7 Å². The Morgan fingerprint density at radius 1 is 1.10 bits per heavy atom. The Hall–Kier alpha value is -2.87. The number of rotatable bonds is 7. The molecule has 156 valence electrons. The van der Waals surface area contributed by atoms with Crippen molar-refractivity contribution in [2.45, 2.75) is 19.9 Å². The third-order valence-electron chi connectivity index (χ3n) is 5.15. The molecule has 0 unspecified atom stereocenters. The van der Waals surface area contributed by atoms with Crippen molar-refractivity contribution < 1.29 is 9.59 Å². The van der Waals surface area contributed by atoms with E-state index in [1.807, 2.05) is 31.4 Å². The molecule has 29 heavy (non-hydrogen) atoms. The van der Waals surface area contributed by atoms with Crippen LogP contribution in [0.3, 0.4) is 0 Å². The number of nitrogens with zero attached hydrogens (tertiary/aromatic N) is 5. The Kier molecular flexibility index (Phi) is 6.87. The van der Waals surface area contributed by atoms with Gasteiger partial charge in [0.25, 0.3) is 0 Å². The van der Waals surface area contributed by atoms with E-state index in [0.29, 0.717) is 13.0 Å². The van der Waals surface area contributed by atoms with Gasteiger partial charge in [0.1, 0.15) is 5.82 Å². The maximum Gasteiger partial charge on any atom is 0.248 e. The van der Waals surface area contributed by atoms with E-state index in [4.69, 9.17) is 4.98 Å². The highest BCUT2D eigenvalue weighted by Crippen LogP contribution is 2.22. The van der Waals surface area contributed by atoms with Crippen LogP contribution in [-0.4, -0.2) is 73.1 Å². The first-order valence-corrected chi connectivity index (χ1v) is 10.1. The van der Waals surface area contributed by atoms with Gasteiger partial charge in [0.15, 0.2) is 0 Å². The molecular formula is C21H30N6O2. The molecule has 1 N–H and O–H groups in total. The lowest BCUT2D eigenvalue weighted by atomic mass is 10.2. The van der Waals surface area contributed by atoms with Crippen molar-refractivity contribution in [2.24, 2.45) is 0 Å². The van der Waals surface area contributed by atoms with Crippen molar-refractivity contribution in [1.82, 2.24) is 19.8 Å². The van der Waals surface area contributed by atoms with Crippen LogP contribution in [0.25, 0.3) is 0 Å². The Labute approximate surface area is 172 Å². The lowest BCUT2D eigenvalue weighted by Gasteiger charge is -2.28. The van der Waals surface area contributed by atoms with Crippen molar-refractivity contribution in [3.05, 3.63) is 42.1 Å². The number of nitrogens with one attached hydrogen (secondary N) is 1. The van der Waals surface area contributed by atoms with Gasteiger partial charge in [-0.25, -0.2) is 0 Å². The number of carbonyl (C=O) groups is 2. The van der Waals surface area contributed by atoms with Gasteiger partial charge in [-0.2, -0.15) is 4.98 Å². The van der Waals surface area contributed by atoms with Crippen molar-refractivity contribution in [3.8, 4) is 0 Å². The van der Waals surface area contributed by atoms with Gasteiger partial charge < -0.3 is 19.7 Å². The smallest absolute Gasteiger partial charge is 0.248 e. The lowest BCUT2D eigenvalue weighted by molar-refractivity contribution is -0.142. The molecule has 0 aliphatic carbocycles. The lowest BCUT2D eigenvalue weighted by Crippen LogP contribution is -2.44. The van der Waals surface area contributed by atoms with E-state index in [9.17, 15) is 9.59 Å². The number of imide groups is 1. The first-order valence-electron chi connectivity index (χ1n) is 10.1. The normalized spacial score (nSPS) is 14.0. The SMILES string of the molecule is CCC(=O)N(C)C(=O)CN(C)c1cn(Cc2ccccc2)c(N2CCNCC2)n1. The number of imidazole rings is 1. The highest BCUT2D eigenvalue weighted by molar-refractivity contribution is 5.96. The third kappa shape index (κ3) is 5.14. The molecular weight excluding hydrogens is 368 g/mol. The second-order valence-electron chi connectivity index (χ2n) is 7.31. The van der Waals surface area contributed by atoms with Crippen LogP contribution >= 0.6 is 0 Å². The number of hydrogen-bond donors (Lipinski definition) is 1. The number of hydrogen-bond acceptors (Lipinski definition) is 6. The summed E-state index contributed by atoms with van der Waals surface area (Å²) in [5.41, 5.74) is 1.19. The number of carbonyl (C=O) groups excluding carboxylic acids is 2. The zero-order chi connectivity index (χ0) is 20.8. The highest BCUT2D eigenvalue weighted by atomic mass is 16.2. The van der Waals surface area contributed by atoms with Crippen LogP contribution in [0.15, 0.2) is 36.5 Å². The van der Waals surface area contributed by atoms with Crippen LogP contribution in [0.4, 0.5) is 11.8 Å². The Morgan fingerprint density at radius 3 is 2.45 bits per heavy atom. The molecule has 0 atom stereocenters. The summed E-state index contributed by atoms with van der Waals surface area (Å²) in [5.74, 6) is 1.21. The highest BCUT2D eigenvalue weighted by Gasteiger charge is 2.22. The number of piperazine rings is 1. The first-order chi connectivity index (χ1) is 14.0. The van der Waals surface area contributed by atoms with E-state index in [1.54, 1.807) is 11.8 Å². The molecule has 2 aromatic rings. The van der Waals surface area contributed by atoms with Gasteiger partial charge in [-0.1, -0.05) is 37.3 Å². The summed E-state index contributed by atoms with van der Waals surface area (Å²) in [6.45, 7) is 6.19. The molecule has 1 aromatic carbocycles. The Morgan fingerprint density at radius 2 is 1.79 bits per heavy atom. The van der Waals surface area contributed by atoms with Crippen LogP contribution in [0.1, 0.15) is 18.9 Å². The van der Waals surface area contributed by atoms with E-state index in [0.717, 1.165) is 37.9 Å². The summed E-state index contributed by atoms with van der Waals surface area (Å²) in [6, 6.07) is 10.3. The van der Waals surface area contributed by atoms with Crippen LogP contribution in [0, 0.1) is 0 Å². The predicted molar refractivity (Wildman–Crippen MR) is 114 cm³/mol. The molecule has 2 heterocycles. The molecule has 1 aliphatic rings. The summed E-state index contributed by atoms with van der Waals surface area (Å²) >= 11 is 0. The van der Waals surface area contributed by atoms with E-state index in [-0.39, 0.29) is 18.4 Å². The average molecular weight is 399 g/mol. The predicted octanol–water partition coefficient (Wildman–Crippen LogP) is 1.17. The van der Waals surface area contributed by atoms with Gasteiger partial charge in [-0.05, 0) is 5.56 Å². The molecule has 2 amide bonds. The number of amides is 2. The largest absolute Gasteiger partial charge is 0.349 e. The standard InChI is InChI=1S/C21H30N6O2/c1-4-19(28)25(3)20(29)16-24(2)18-15-27(14-17-8-6-5-7-9-17)21(23-18)26-12-10-22-11-13-26/h5-9,15,22H,4,10-14,16H2,1-3H3. The van der Waals surface area contributed by atoms with Gasteiger partial charge in [0.2, 0.25) is 17.8 Å². The maximum atomic E-state index is 12.4. The molecule has 1 fully saturated rings. The monoisotopic (exact) mass is 398 g/mol. The van der Waals surface area contributed by atoms with Gasteiger partial charge >= 0.3 is 0 Å². The molecule has 1 aliphatic heterocycles. The van der Waals surface area contributed by atoms with Gasteiger partial charge in [-0.3, -0.25) is 14.5 Å². The van der Waals surface area contributed by atoms with Crippen LogP contribution in [-0.2, 0) is 16.1 Å². The minimum absolute atomic E-state index is 0.103. The number of aromatic nitrogens is 2. The number of anilines is 2. The van der Waals surface area contributed by atoms with Gasteiger partial charge in [-0.15, -0.1) is 0 Å². The van der Waals surface area contributed by atoms with Crippen LogP contribution in [0.2, 0.25) is 0 Å². The quantitative estimate of drug-likeness (QED) is 0.755. The maximum absolute atomic E-state index is 12.4. The van der Waals surface area contributed by atoms with Crippen molar-refractivity contribution >= 4 is 23.6 Å². The zero-order valence-electron chi connectivity index (χ0n) is 17.5. The van der Waals surface area contributed by atoms with Gasteiger partial charge in [0.05, 0.1) is 19.3 Å². The molecule has 1 aromatic heterocycles. The first kappa shape index (κ1) is 20.9. The summed E-state index contributed by atoms with van der Waals surface area (Å²) in [5, 5.41) is 3.37. The van der Waals surface area contributed by atoms with Crippen LogP contribution < -0.4 is 15.1 Å². The molecule has 3 rings (SSSR count). The fourth-order valence-electron chi connectivity index (χ4n) is 3.36. The molecule has 8 heteroatoms. The molecule has 1 saturated heterocycles. The van der Waals surface area contributed by atoms with E-state index in [1.165, 1.54) is 17.5 Å². The third-order valence-corrected chi connectivity index (χ3v) is 5.15. The zero-order valence-corrected chi connectivity index (χ0v) is 17.5. The second kappa shape index (κ2) is 9.56. The second-order valence-corrected chi connectivity index (χ2v) is 7.31. The van der Waals surface area contributed by atoms with E-state index in [2.05, 4.69) is 26.9 Å². The summed E-state index contributed by atoms with van der Waals surface area (Å²) in [7, 11) is 3.36. The molecule has 0 bridgehead atoms. The average Bonchev–Trinajstić information content (AvgIpc) is 3.17.